The molecule has 4 aromatic rings. The summed E-state index contributed by atoms with van der Waals surface area (Å²) >= 11 is 18.8. The van der Waals surface area contributed by atoms with E-state index in [2.05, 4.69) is 27.5 Å². The van der Waals surface area contributed by atoms with Crippen LogP contribution in [0.1, 0.15) is 44.5 Å². The second-order valence-electron chi connectivity index (χ2n) is 8.40. The summed E-state index contributed by atoms with van der Waals surface area (Å²) in [6.07, 6.45) is 1.89. The first-order valence-electron chi connectivity index (χ1n) is 10.7. The third-order valence-electron chi connectivity index (χ3n) is 6.42. The molecule has 174 valence electrons. The molecule has 0 bridgehead atoms. The second-order valence-corrected chi connectivity index (χ2v) is 9.65. The minimum absolute atomic E-state index is 0.0121. The predicted octanol–water partition coefficient (Wildman–Crippen LogP) is 5.37. The zero-order chi connectivity index (χ0) is 24.1. The Labute approximate surface area is 211 Å². The van der Waals surface area contributed by atoms with Gasteiger partial charge in [-0.1, -0.05) is 64.3 Å². The van der Waals surface area contributed by atoms with E-state index in [0.717, 1.165) is 16.8 Å². The van der Waals surface area contributed by atoms with Crippen molar-refractivity contribution in [3.8, 4) is 5.69 Å². The van der Waals surface area contributed by atoms with Crippen molar-refractivity contribution in [2.24, 2.45) is 7.05 Å². The van der Waals surface area contributed by atoms with E-state index in [-0.39, 0.29) is 17.5 Å². The molecule has 0 saturated heterocycles. The van der Waals surface area contributed by atoms with Gasteiger partial charge >= 0.3 is 0 Å². The smallest absolute Gasteiger partial charge is 0.276 e. The van der Waals surface area contributed by atoms with Crippen molar-refractivity contribution in [2.75, 3.05) is 6.54 Å². The van der Waals surface area contributed by atoms with E-state index < -0.39 is 0 Å². The number of carbonyl (C=O) groups excluding carboxylic acids is 1. The van der Waals surface area contributed by atoms with Crippen LogP contribution in [0.15, 0.2) is 42.6 Å². The van der Waals surface area contributed by atoms with Gasteiger partial charge in [0.05, 0.1) is 21.9 Å². The van der Waals surface area contributed by atoms with Gasteiger partial charge in [-0.15, -0.1) is 5.10 Å². The minimum Gasteiger partial charge on any atom is -0.332 e. The maximum absolute atomic E-state index is 13.7. The van der Waals surface area contributed by atoms with Gasteiger partial charge in [0, 0.05) is 42.3 Å². The maximum atomic E-state index is 13.7. The SMILES string of the molecule is Cc1c(C2CN(C(=O)c3nnn(-c4c(Cl)cc(Cl)cc4Cl)c3C)Cc3ccccc32)cnn1C. The zero-order valence-corrected chi connectivity index (χ0v) is 21.0. The average molecular weight is 516 g/mol. The Kier molecular flexibility index (Phi) is 5.88. The number of halogens is 3. The van der Waals surface area contributed by atoms with Gasteiger partial charge in [0.2, 0.25) is 0 Å². The van der Waals surface area contributed by atoms with E-state index in [0.29, 0.717) is 39.5 Å². The molecule has 0 aliphatic carbocycles. The largest absolute Gasteiger partial charge is 0.332 e. The molecule has 0 saturated carbocycles. The molecule has 0 spiro atoms. The molecule has 0 radical (unpaired) electrons. The number of nitrogens with zero attached hydrogens (tertiary/aromatic N) is 6. The third kappa shape index (κ3) is 3.78. The fraction of sp³-hybridized carbons (Fsp3) is 0.250. The minimum atomic E-state index is -0.203. The van der Waals surface area contributed by atoms with Gasteiger partial charge in [-0.05, 0) is 37.1 Å². The molecule has 0 fully saturated rings. The number of benzene rings is 2. The van der Waals surface area contributed by atoms with Crippen molar-refractivity contribution in [3.63, 3.8) is 0 Å². The molecule has 34 heavy (non-hydrogen) atoms. The van der Waals surface area contributed by atoms with E-state index in [4.69, 9.17) is 34.8 Å². The van der Waals surface area contributed by atoms with Crippen LogP contribution in [0.3, 0.4) is 0 Å². The van der Waals surface area contributed by atoms with Crippen LogP contribution in [0.25, 0.3) is 5.69 Å². The number of fused-ring (bicyclic) bond motifs is 1. The third-order valence-corrected chi connectivity index (χ3v) is 7.22. The normalized spacial score (nSPS) is 15.5. The molecule has 1 aliphatic rings. The highest BCUT2D eigenvalue weighted by molar-refractivity contribution is 6.40. The van der Waals surface area contributed by atoms with E-state index in [1.807, 2.05) is 41.9 Å². The van der Waals surface area contributed by atoms with Crippen LogP contribution < -0.4 is 0 Å². The van der Waals surface area contributed by atoms with Crippen LogP contribution in [0.2, 0.25) is 15.1 Å². The summed E-state index contributed by atoms with van der Waals surface area (Å²) in [7, 11) is 1.92. The lowest BCUT2D eigenvalue weighted by Crippen LogP contribution is -2.39. The van der Waals surface area contributed by atoms with Crippen LogP contribution in [0.4, 0.5) is 0 Å². The van der Waals surface area contributed by atoms with Crippen molar-refractivity contribution in [1.29, 1.82) is 0 Å². The fourth-order valence-corrected chi connectivity index (χ4v) is 5.49. The highest BCUT2D eigenvalue weighted by Gasteiger charge is 2.33. The highest BCUT2D eigenvalue weighted by atomic mass is 35.5. The maximum Gasteiger partial charge on any atom is 0.276 e. The Hall–Kier alpha value is -2.87. The molecule has 1 unspecified atom stereocenters. The molecule has 3 heterocycles. The second kappa shape index (κ2) is 8.73. The molecule has 10 heteroatoms. The summed E-state index contributed by atoms with van der Waals surface area (Å²) in [5.74, 6) is -0.191. The molecule has 2 aromatic heterocycles. The van der Waals surface area contributed by atoms with Crippen molar-refractivity contribution in [2.45, 2.75) is 26.3 Å². The van der Waals surface area contributed by atoms with Crippen LogP contribution in [-0.2, 0) is 13.6 Å². The molecular formula is C24H21Cl3N6O. The number of rotatable bonds is 3. The number of amides is 1. The number of carbonyl (C=O) groups is 1. The Morgan fingerprint density at radius 2 is 1.74 bits per heavy atom. The number of hydrogen-bond donors (Lipinski definition) is 0. The topological polar surface area (TPSA) is 68.8 Å². The first-order valence-corrected chi connectivity index (χ1v) is 11.8. The Morgan fingerprint density at radius 3 is 2.41 bits per heavy atom. The number of aryl methyl sites for hydroxylation is 1. The van der Waals surface area contributed by atoms with E-state index in [9.17, 15) is 4.79 Å². The molecule has 1 aliphatic heterocycles. The molecule has 5 rings (SSSR count). The average Bonchev–Trinajstić information content (AvgIpc) is 3.34. The molecule has 0 N–H and O–H groups in total. The first-order chi connectivity index (χ1) is 16.3. The summed E-state index contributed by atoms with van der Waals surface area (Å²) in [5, 5.41) is 13.9. The lowest BCUT2D eigenvalue weighted by Gasteiger charge is -2.34. The summed E-state index contributed by atoms with van der Waals surface area (Å²) in [5.41, 5.74) is 5.72. The van der Waals surface area contributed by atoms with Crippen molar-refractivity contribution < 1.29 is 4.79 Å². The molecular weight excluding hydrogens is 495 g/mol. The van der Waals surface area contributed by atoms with Gasteiger partial charge in [0.1, 0.15) is 5.69 Å². The standard InChI is InChI=1S/C24H21Cl3N6O/c1-13-18(10-28-31(13)3)19-12-32(11-15-6-4-5-7-17(15)19)24(34)22-14(2)33(30-29-22)23-20(26)8-16(25)9-21(23)27/h4-10,19H,11-12H2,1-3H3. The van der Waals surface area contributed by atoms with Crippen molar-refractivity contribution in [1.82, 2.24) is 29.7 Å². The number of aromatic nitrogens is 5. The lowest BCUT2D eigenvalue weighted by molar-refractivity contribution is 0.0718. The van der Waals surface area contributed by atoms with Gasteiger partial charge in [0.25, 0.3) is 5.91 Å². The van der Waals surface area contributed by atoms with Crippen molar-refractivity contribution >= 4 is 40.7 Å². The molecule has 1 atom stereocenters. The number of hydrogen-bond acceptors (Lipinski definition) is 4. The molecule has 7 nitrogen and oxygen atoms in total. The van der Waals surface area contributed by atoms with Crippen LogP contribution in [0.5, 0.6) is 0 Å². The zero-order valence-electron chi connectivity index (χ0n) is 18.8. The quantitative estimate of drug-likeness (QED) is 0.368. The Morgan fingerprint density at radius 1 is 1.03 bits per heavy atom. The summed E-state index contributed by atoms with van der Waals surface area (Å²) < 4.78 is 3.34. The van der Waals surface area contributed by atoms with Crippen LogP contribution >= 0.6 is 34.8 Å². The predicted molar refractivity (Wildman–Crippen MR) is 132 cm³/mol. The molecule has 1 amide bonds. The monoisotopic (exact) mass is 514 g/mol. The van der Waals surface area contributed by atoms with Gasteiger partial charge < -0.3 is 4.90 Å². The van der Waals surface area contributed by atoms with Gasteiger partial charge in [0.15, 0.2) is 5.69 Å². The first kappa shape index (κ1) is 22.9. The van der Waals surface area contributed by atoms with E-state index >= 15 is 0 Å². The Balaban J connectivity index is 1.52. The molecule has 2 aromatic carbocycles. The highest BCUT2D eigenvalue weighted by Crippen LogP contribution is 2.36. The van der Waals surface area contributed by atoms with E-state index in [1.54, 1.807) is 19.1 Å². The fourth-order valence-electron chi connectivity index (χ4n) is 4.51. The van der Waals surface area contributed by atoms with Crippen LogP contribution in [0, 0.1) is 13.8 Å². The lowest BCUT2D eigenvalue weighted by atomic mass is 9.84. The van der Waals surface area contributed by atoms with Crippen LogP contribution in [-0.4, -0.2) is 42.1 Å². The summed E-state index contributed by atoms with van der Waals surface area (Å²) in [4.78, 5) is 15.5. The van der Waals surface area contributed by atoms with E-state index in [1.165, 1.54) is 10.2 Å². The van der Waals surface area contributed by atoms with Crippen molar-refractivity contribution in [3.05, 3.63) is 91.4 Å². The van der Waals surface area contributed by atoms with Gasteiger partial charge in [-0.25, -0.2) is 4.68 Å². The Bertz CT molecular complexity index is 1400. The summed E-state index contributed by atoms with van der Waals surface area (Å²) in [6.45, 7) is 4.81. The van der Waals surface area contributed by atoms with Gasteiger partial charge in [-0.2, -0.15) is 5.10 Å². The van der Waals surface area contributed by atoms with Gasteiger partial charge in [-0.3, -0.25) is 9.48 Å². The summed E-state index contributed by atoms with van der Waals surface area (Å²) in [6, 6.07) is 11.4.